The van der Waals surface area contributed by atoms with Gasteiger partial charge in [0.1, 0.15) is 13.2 Å². The normalized spacial score (nSPS) is 12.7. The SMILES string of the molecule is CCCCCCC/C=C\CCCCCCCC(=O)OC(COC(=O)CCCCCCCCCCCCCCCCCCCCCCCCCCCCCCCCCCCCC)COC(OCC[N+](C)(C)C)C(=O)[O-]. The van der Waals surface area contributed by atoms with E-state index in [-0.39, 0.29) is 32.2 Å². The Hall–Kier alpha value is -1.97. The molecule has 74 heavy (non-hydrogen) atoms. The summed E-state index contributed by atoms with van der Waals surface area (Å²) in [5.41, 5.74) is 0. The first-order chi connectivity index (χ1) is 36.1. The van der Waals surface area contributed by atoms with Crippen LogP contribution in [0.15, 0.2) is 12.2 Å². The molecule has 0 saturated heterocycles. The fourth-order valence-corrected chi connectivity index (χ4v) is 9.77. The van der Waals surface area contributed by atoms with E-state index < -0.39 is 24.3 Å². The number of carboxylic acids is 1. The van der Waals surface area contributed by atoms with Gasteiger partial charge in [-0.25, -0.2) is 0 Å². The third kappa shape index (κ3) is 57.7. The highest BCUT2D eigenvalue weighted by Crippen LogP contribution is 2.18. The number of hydrogen-bond acceptors (Lipinski definition) is 8. The zero-order valence-electron chi connectivity index (χ0n) is 50.0. The van der Waals surface area contributed by atoms with Crippen LogP contribution in [-0.2, 0) is 33.3 Å². The van der Waals surface area contributed by atoms with E-state index in [2.05, 4.69) is 26.0 Å². The van der Waals surface area contributed by atoms with Gasteiger partial charge in [0.15, 0.2) is 12.4 Å². The van der Waals surface area contributed by atoms with E-state index in [1.54, 1.807) is 0 Å². The maximum atomic E-state index is 12.8. The topological polar surface area (TPSA) is 111 Å². The van der Waals surface area contributed by atoms with Crippen LogP contribution in [-0.4, -0.2) is 82.3 Å². The second-order valence-corrected chi connectivity index (χ2v) is 23.4. The number of likely N-dealkylation sites (N-methyl/N-ethyl adjacent to an activating group) is 1. The van der Waals surface area contributed by atoms with Crippen molar-refractivity contribution in [3.05, 3.63) is 12.2 Å². The number of carboxylic acid groups (broad SMARTS) is 1. The van der Waals surface area contributed by atoms with E-state index in [1.165, 1.54) is 244 Å². The minimum Gasteiger partial charge on any atom is -0.545 e. The molecule has 0 aliphatic rings. The van der Waals surface area contributed by atoms with Gasteiger partial charge in [-0.15, -0.1) is 0 Å². The standard InChI is InChI=1S/C65H125NO8/c1-6-8-10-12-14-16-18-20-22-23-24-25-26-27-28-29-30-31-32-33-34-35-36-37-38-39-40-41-42-44-45-47-49-51-53-55-62(67)72-59-61(60-73-65(64(69)70)71-58-57-66(3,4)5)74-63(68)56-54-52-50-48-46-43-21-19-17-15-13-11-9-7-2/h19,21,61,65H,6-18,20,22-60H2,1-5H3/b21-19-. The summed E-state index contributed by atoms with van der Waals surface area (Å²) in [6.07, 6.45) is 64.5. The molecule has 438 valence electrons. The summed E-state index contributed by atoms with van der Waals surface area (Å²) in [4.78, 5) is 37.3. The predicted molar refractivity (Wildman–Crippen MR) is 311 cm³/mol. The van der Waals surface area contributed by atoms with Gasteiger partial charge < -0.3 is 33.3 Å². The highest BCUT2D eigenvalue weighted by molar-refractivity contribution is 5.70. The highest BCUT2D eigenvalue weighted by atomic mass is 16.7. The van der Waals surface area contributed by atoms with Crippen molar-refractivity contribution in [1.29, 1.82) is 0 Å². The average Bonchev–Trinajstić information content (AvgIpc) is 3.37. The Kier molecular flexibility index (Phi) is 55.7. The second kappa shape index (κ2) is 57.2. The van der Waals surface area contributed by atoms with Crippen LogP contribution in [0.3, 0.4) is 0 Å². The van der Waals surface area contributed by atoms with Crippen molar-refractivity contribution < 1.29 is 42.9 Å². The fourth-order valence-electron chi connectivity index (χ4n) is 9.77. The summed E-state index contributed by atoms with van der Waals surface area (Å²) in [5.74, 6) is -2.27. The lowest BCUT2D eigenvalue weighted by Gasteiger charge is -2.26. The zero-order valence-corrected chi connectivity index (χ0v) is 50.0. The molecule has 0 aliphatic heterocycles. The number of allylic oxidation sites excluding steroid dienone is 2. The number of carbonyl (C=O) groups excluding carboxylic acids is 3. The zero-order chi connectivity index (χ0) is 54.1. The number of hydrogen-bond donors (Lipinski definition) is 0. The number of aliphatic carboxylic acids is 1. The third-order valence-corrected chi connectivity index (χ3v) is 14.8. The van der Waals surface area contributed by atoms with Crippen LogP contribution in [0.2, 0.25) is 0 Å². The molecule has 0 saturated carbocycles. The van der Waals surface area contributed by atoms with Gasteiger partial charge >= 0.3 is 11.9 Å². The summed E-state index contributed by atoms with van der Waals surface area (Å²) in [6.45, 7) is 4.78. The van der Waals surface area contributed by atoms with E-state index >= 15 is 0 Å². The van der Waals surface area contributed by atoms with E-state index in [0.29, 0.717) is 23.9 Å². The number of ether oxygens (including phenoxy) is 4. The van der Waals surface area contributed by atoms with Crippen molar-refractivity contribution in [2.24, 2.45) is 0 Å². The Morgan fingerprint density at radius 1 is 0.392 bits per heavy atom. The van der Waals surface area contributed by atoms with Crippen LogP contribution in [0.1, 0.15) is 328 Å². The lowest BCUT2D eigenvalue weighted by Crippen LogP contribution is -2.44. The molecule has 0 bridgehead atoms. The number of unbranched alkanes of at least 4 members (excludes halogenated alkanes) is 44. The van der Waals surface area contributed by atoms with Crippen LogP contribution in [0.4, 0.5) is 0 Å². The molecule has 2 unspecified atom stereocenters. The van der Waals surface area contributed by atoms with Crippen molar-refractivity contribution in [1.82, 2.24) is 0 Å². The monoisotopic (exact) mass is 1050 g/mol. The summed E-state index contributed by atoms with van der Waals surface area (Å²) < 4.78 is 22.7. The maximum absolute atomic E-state index is 12.8. The Morgan fingerprint density at radius 2 is 0.689 bits per heavy atom. The van der Waals surface area contributed by atoms with Crippen LogP contribution in [0, 0.1) is 0 Å². The largest absolute Gasteiger partial charge is 0.545 e. The molecule has 9 heteroatoms. The van der Waals surface area contributed by atoms with Gasteiger partial charge in [0.25, 0.3) is 0 Å². The van der Waals surface area contributed by atoms with Crippen molar-refractivity contribution in [3.63, 3.8) is 0 Å². The quantitative estimate of drug-likeness (QED) is 0.0195. The van der Waals surface area contributed by atoms with E-state index in [0.717, 1.165) is 51.4 Å². The Labute approximate surface area is 459 Å². The van der Waals surface area contributed by atoms with Gasteiger partial charge in [0.2, 0.25) is 0 Å². The Bertz CT molecular complexity index is 1220. The smallest absolute Gasteiger partial charge is 0.306 e. The van der Waals surface area contributed by atoms with Gasteiger partial charge in [-0.2, -0.15) is 0 Å². The van der Waals surface area contributed by atoms with Gasteiger partial charge in [0, 0.05) is 12.8 Å². The minimum absolute atomic E-state index is 0.150. The molecule has 9 nitrogen and oxygen atoms in total. The molecule has 0 fully saturated rings. The molecule has 0 aromatic carbocycles. The molecule has 0 heterocycles. The number of carbonyl (C=O) groups is 3. The summed E-state index contributed by atoms with van der Waals surface area (Å²) in [7, 11) is 5.93. The first-order valence-corrected chi connectivity index (χ1v) is 32.3. The van der Waals surface area contributed by atoms with Crippen molar-refractivity contribution >= 4 is 17.9 Å². The molecular formula is C65H125NO8. The van der Waals surface area contributed by atoms with Crippen molar-refractivity contribution in [2.45, 2.75) is 341 Å². The van der Waals surface area contributed by atoms with Crippen molar-refractivity contribution in [2.75, 3.05) is 47.5 Å². The lowest BCUT2D eigenvalue weighted by atomic mass is 10.0. The average molecular weight is 1050 g/mol. The van der Waals surface area contributed by atoms with Crippen LogP contribution >= 0.6 is 0 Å². The van der Waals surface area contributed by atoms with Gasteiger partial charge in [-0.3, -0.25) is 9.59 Å². The van der Waals surface area contributed by atoms with Gasteiger partial charge in [0.05, 0.1) is 40.3 Å². The highest BCUT2D eigenvalue weighted by Gasteiger charge is 2.22. The van der Waals surface area contributed by atoms with Gasteiger partial charge in [-0.05, 0) is 38.5 Å². The summed E-state index contributed by atoms with van der Waals surface area (Å²) in [5, 5.41) is 11.8. The number of rotatable bonds is 61. The number of quaternary nitrogens is 1. The molecule has 0 radical (unpaired) electrons. The molecule has 2 atom stereocenters. The lowest BCUT2D eigenvalue weighted by molar-refractivity contribution is -0.870. The Balaban J connectivity index is 3.94. The molecule has 0 spiro atoms. The molecule has 0 rings (SSSR count). The Morgan fingerprint density at radius 3 is 1.00 bits per heavy atom. The van der Waals surface area contributed by atoms with Crippen LogP contribution in [0.5, 0.6) is 0 Å². The molecule has 0 amide bonds. The minimum atomic E-state index is -1.62. The number of nitrogens with zero attached hydrogens (tertiary/aromatic N) is 1. The number of esters is 2. The molecule has 0 aliphatic carbocycles. The fraction of sp³-hybridized carbons (Fsp3) is 0.923. The first-order valence-electron chi connectivity index (χ1n) is 32.3. The third-order valence-electron chi connectivity index (χ3n) is 14.8. The predicted octanol–water partition coefficient (Wildman–Crippen LogP) is 18.0. The second-order valence-electron chi connectivity index (χ2n) is 23.4. The van der Waals surface area contributed by atoms with Crippen molar-refractivity contribution in [3.8, 4) is 0 Å². The summed E-state index contributed by atoms with van der Waals surface area (Å²) in [6, 6.07) is 0. The van der Waals surface area contributed by atoms with E-state index in [9.17, 15) is 19.5 Å². The molecular weight excluding hydrogens is 923 g/mol. The molecule has 0 aromatic rings. The maximum Gasteiger partial charge on any atom is 0.306 e. The van der Waals surface area contributed by atoms with Gasteiger partial charge in [-0.1, -0.05) is 289 Å². The van der Waals surface area contributed by atoms with Crippen LogP contribution in [0.25, 0.3) is 0 Å². The van der Waals surface area contributed by atoms with E-state index in [4.69, 9.17) is 18.9 Å². The molecule has 0 aromatic heterocycles. The van der Waals surface area contributed by atoms with Crippen LogP contribution < -0.4 is 5.11 Å². The van der Waals surface area contributed by atoms with E-state index in [1.807, 2.05) is 21.1 Å². The summed E-state index contributed by atoms with van der Waals surface area (Å²) >= 11 is 0. The first kappa shape index (κ1) is 72.0. The molecule has 0 N–H and O–H groups in total.